The van der Waals surface area contributed by atoms with Gasteiger partial charge in [-0.15, -0.1) is 0 Å². The van der Waals surface area contributed by atoms with Crippen molar-refractivity contribution in [1.82, 2.24) is 35.1 Å². The molecule has 12 heteroatoms. The molecule has 3 aromatic heterocycles. The molecule has 0 radical (unpaired) electrons. The molecule has 0 saturated carbocycles. The molecule has 0 aliphatic heterocycles. The Hall–Kier alpha value is -3.73. The van der Waals surface area contributed by atoms with Crippen LogP contribution in [0.15, 0.2) is 42.7 Å². The first-order valence-corrected chi connectivity index (χ1v) is 10.0. The molecule has 1 atom stereocenters. The number of nitrogens with one attached hydrogen (secondary N) is 3. The topological polar surface area (TPSA) is 117 Å². The van der Waals surface area contributed by atoms with E-state index in [0.717, 1.165) is 30.1 Å². The third kappa shape index (κ3) is 5.70. The normalized spacial score (nSPS) is 11.9. The largest absolute Gasteiger partial charge is 0.344 e. The summed E-state index contributed by atoms with van der Waals surface area (Å²) >= 11 is 6.02. The van der Waals surface area contributed by atoms with Gasteiger partial charge in [0.2, 0.25) is 17.2 Å². The number of aryl methyl sites for hydroxylation is 2. The summed E-state index contributed by atoms with van der Waals surface area (Å²) in [6.45, 7) is 1.78. The Bertz CT molecular complexity index is 1180. The molecule has 3 heterocycles. The zero-order valence-electron chi connectivity index (χ0n) is 16.9. The van der Waals surface area contributed by atoms with Crippen molar-refractivity contribution in [3.05, 3.63) is 76.7 Å². The van der Waals surface area contributed by atoms with Gasteiger partial charge in [-0.05, 0) is 49.1 Å². The number of aromatic nitrogens is 7. The summed E-state index contributed by atoms with van der Waals surface area (Å²) in [7, 11) is 0. The first kappa shape index (κ1) is 21.5. The van der Waals surface area contributed by atoms with Crippen LogP contribution in [0.5, 0.6) is 0 Å². The smallest absolute Gasteiger partial charge is 0.234 e. The van der Waals surface area contributed by atoms with Gasteiger partial charge in [-0.3, -0.25) is 5.10 Å². The van der Waals surface area contributed by atoms with Gasteiger partial charge in [0.15, 0.2) is 11.6 Å². The number of H-pyrrole nitrogens is 1. The van der Waals surface area contributed by atoms with Crippen molar-refractivity contribution in [3.8, 4) is 0 Å². The van der Waals surface area contributed by atoms with Gasteiger partial charge in [-0.25, -0.2) is 18.7 Å². The van der Waals surface area contributed by atoms with Gasteiger partial charge in [-0.2, -0.15) is 20.1 Å². The monoisotopic (exact) mass is 457 g/mol. The molecule has 3 N–H and O–H groups in total. The van der Waals surface area contributed by atoms with Crippen molar-refractivity contribution in [2.45, 2.75) is 25.8 Å². The number of hydrogen-bond acceptors (Lipinski definition) is 8. The molecule has 0 unspecified atom stereocenters. The SMILES string of the molecule is C[C@H](Nc1nc(Cl)nc(Nc2cc(CCc3ccc(F)cc3)[nH]n2)n1)c1ncc(F)cn1. The summed E-state index contributed by atoms with van der Waals surface area (Å²) in [6.07, 6.45) is 3.59. The number of aromatic amines is 1. The average molecular weight is 458 g/mol. The van der Waals surface area contributed by atoms with Gasteiger partial charge in [0.1, 0.15) is 11.6 Å². The Kier molecular flexibility index (Phi) is 6.45. The first-order chi connectivity index (χ1) is 15.4. The molecule has 32 heavy (non-hydrogen) atoms. The third-order valence-corrected chi connectivity index (χ3v) is 4.62. The number of rotatable bonds is 8. The van der Waals surface area contributed by atoms with Crippen LogP contribution in [0.1, 0.15) is 30.0 Å². The van der Waals surface area contributed by atoms with Gasteiger partial charge in [-0.1, -0.05) is 12.1 Å². The van der Waals surface area contributed by atoms with E-state index in [1.807, 2.05) is 6.07 Å². The predicted molar refractivity (Wildman–Crippen MR) is 115 cm³/mol. The summed E-state index contributed by atoms with van der Waals surface area (Å²) in [6, 6.07) is 7.81. The highest BCUT2D eigenvalue weighted by Crippen LogP contribution is 2.18. The molecule has 164 valence electrons. The molecule has 0 bridgehead atoms. The Morgan fingerprint density at radius 2 is 1.69 bits per heavy atom. The molecule has 9 nitrogen and oxygen atoms in total. The third-order valence-electron chi connectivity index (χ3n) is 4.45. The van der Waals surface area contributed by atoms with Crippen molar-refractivity contribution in [1.29, 1.82) is 0 Å². The highest BCUT2D eigenvalue weighted by atomic mass is 35.5. The summed E-state index contributed by atoms with van der Waals surface area (Å²) in [4.78, 5) is 20.2. The van der Waals surface area contributed by atoms with Crippen molar-refractivity contribution in [3.63, 3.8) is 0 Å². The quantitative estimate of drug-likeness (QED) is 0.363. The summed E-state index contributed by atoms with van der Waals surface area (Å²) in [5.41, 5.74) is 1.91. The maximum absolute atomic E-state index is 13.0. The van der Waals surface area contributed by atoms with E-state index < -0.39 is 11.9 Å². The fourth-order valence-corrected chi connectivity index (χ4v) is 3.03. The van der Waals surface area contributed by atoms with Crippen molar-refractivity contribution >= 4 is 29.3 Å². The number of nitrogens with zero attached hydrogens (tertiary/aromatic N) is 6. The van der Waals surface area contributed by atoms with Crippen molar-refractivity contribution in [2.75, 3.05) is 10.6 Å². The minimum Gasteiger partial charge on any atom is -0.344 e. The maximum Gasteiger partial charge on any atom is 0.234 e. The lowest BCUT2D eigenvalue weighted by Crippen LogP contribution is -2.14. The fraction of sp³-hybridized carbons (Fsp3) is 0.200. The van der Waals surface area contributed by atoms with E-state index >= 15 is 0 Å². The molecule has 4 rings (SSSR count). The Morgan fingerprint density at radius 3 is 2.44 bits per heavy atom. The van der Waals surface area contributed by atoms with E-state index in [-0.39, 0.29) is 23.0 Å². The Morgan fingerprint density at radius 1 is 0.969 bits per heavy atom. The van der Waals surface area contributed by atoms with E-state index in [0.29, 0.717) is 18.1 Å². The van der Waals surface area contributed by atoms with Crippen LogP contribution in [0.25, 0.3) is 0 Å². The molecule has 1 aromatic carbocycles. The van der Waals surface area contributed by atoms with Crippen molar-refractivity contribution in [2.24, 2.45) is 0 Å². The van der Waals surface area contributed by atoms with Gasteiger partial charge < -0.3 is 10.6 Å². The van der Waals surface area contributed by atoms with E-state index in [1.54, 1.807) is 19.1 Å². The molecule has 0 amide bonds. The van der Waals surface area contributed by atoms with E-state index in [1.165, 1.54) is 12.1 Å². The number of benzene rings is 1. The lowest BCUT2D eigenvalue weighted by Gasteiger charge is -2.12. The Balaban J connectivity index is 1.39. The van der Waals surface area contributed by atoms with Crippen LogP contribution in [-0.4, -0.2) is 35.1 Å². The summed E-state index contributed by atoms with van der Waals surface area (Å²) in [5.74, 6) is 0.479. The minimum atomic E-state index is -0.522. The average Bonchev–Trinajstić information content (AvgIpc) is 3.20. The molecule has 0 fully saturated rings. The number of anilines is 3. The second-order valence-electron chi connectivity index (χ2n) is 6.91. The summed E-state index contributed by atoms with van der Waals surface area (Å²) < 4.78 is 26.0. The van der Waals surface area contributed by atoms with Gasteiger partial charge in [0.25, 0.3) is 0 Å². The van der Waals surface area contributed by atoms with Crippen LogP contribution < -0.4 is 10.6 Å². The van der Waals surface area contributed by atoms with Crippen LogP contribution in [-0.2, 0) is 12.8 Å². The van der Waals surface area contributed by atoms with Crippen LogP contribution in [0.3, 0.4) is 0 Å². The highest BCUT2D eigenvalue weighted by molar-refractivity contribution is 6.28. The second kappa shape index (κ2) is 9.60. The van der Waals surface area contributed by atoms with E-state index in [4.69, 9.17) is 11.6 Å². The first-order valence-electron chi connectivity index (χ1n) is 9.66. The summed E-state index contributed by atoms with van der Waals surface area (Å²) in [5, 5.41) is 13.1. The molecular formula is C20H18ClF2N9. The van der Waals surface area contributed by atoms with Gasteiger partial charge >= 0.3 is 0 Å². The lowest BCUT2D eigenvalue weighted by molar-refractivity contribution is 0.604. The van der Waals surface area contributed by atoms with Gasteiger partial charge in [0, 0.05) is 11.8 Å². The van der Waals surface area contributed by atoms with Crippen LogP contribution in [0, 0.1) is 11.6 Å². The molecule has 0 saturated heterocycles. The van der Waals surface area contributed by atoms with Crippen LogP contribution >= 0.6 is 11.6 Å². The molecule has 0 spiro atoms. The van der Waals surface area contributed by atoms with E-state index in [9.17, 15) is 8.78 Å². The zero-order chi connectivity index (χ0) is 22.5. The molecule has 0 aliphatic rings. The molecule has 0 aliphatic carbocycles. The minimum absolute atomic E-state index is 0.0238. The highest BCUT2D eigenvalue weighted by Gasteiger charge is 2.13. The zero-order valence-corrected chi connectivity index (χ0v) is 17.6. The van der Waals surface area contributed by atoms with Gasteiger partial charge in [0.05, 0.1) is 18.4 Å². The fourth-order valence-electron chi connectivity index (χ4n) is 2.87. The lowest BCUT2D eigenvalue weighted by atomic mass is 10.1. The molecular weight excluding hydrogens is 440 g/mol. The van der Waals surface area contributed by atoms with E-state index in [2.05, 4.69) is 45.8 Å². The standard InChI is InChI=1S/C20H18ClF2N9/c1-11(17-24-9-14(23)10-25-17)26-19-28-18(21)29-20(30-19)27-16-8-15(31-32-16)7-4-12-2-5-13(22)6-3-12/h2-3,5-6,8-11H,4,7H2,1H3,(H3,26,27,28,29,30,31,32)/t11-/m0/s1. The molecule has 4 aromatic rings. The Labute approximate surface area is 186 Å². The maximum atomic E-state index is 13.0. The second-order valence-corrected chi connectivity index (χ2v) is 7.25. The number of hydrogen-bond donors (Lipinski definition) is 3. The predicted octanol–water partition coefficient (Wildman–Crippen LogP) is 4.02. The van der Waals surface area contributed by atoms with Crippen LogP contribution in [0.2, 0.25) is 5.28 Å². The van der Waals surface area contributed by atoms with Crippen molar-refractivity contribution < 1.29 is 8.78 Å². The van der Waals surface area contributed by atoms with Crippen LogP contribution in [0.4, 0.5) is 26.5 Å². The number of halogens is 3.